The van der Waals surface area contributed by atoms with E-state index in [2.05, 4.69) is 4.99 Å². The first-order valence-electron chi connectivity index (χ1n) is 4.81. The van der Waals surface area contributed by atoms with Crippen molar-refractivity contribution in [3.05, 3.63) is 24.3 Å². The maximum absolute atomic E-state index is 10.1. The molecule has 1 heterocycles. The molecule has 4 heteroatoms. The molecule has 78 valence electrons. The van der Waals surface area contributed by atoms with Gasteiger partial charge in [0.2, 0.25) is 6.08 Å². The van der Waals surface area contributed by atoms with E-state index in [4.69, 9.17) is 4.74 Å². The van der Waals surface area contributed by atoms with Crippen LogP contribution in [0.2, 0.25) is 0 Å². The van der Waals surface area contributed by atoms with Crippen molar-refractivity contribution in [2.75, 3.05) is 11.5 Å². The highest BCUT2D eigenvalue weighted by atomic mass is 32.2. The molecule has 1 fully saturated rings. The lowest BCUT2D eigenvalue weighted by atomic mass is 10.3. The van der Waals surface area contributed by atoms with Crippen molar-refractivity contribution in [2.45, 2.75) is 12.5 Å². The summed E-state index contributed by atoms with van der Waals surface area (Å²) in [7, 11) is 0. The third-order valence-electron chi connectivity index (χ3n) is 2.18. The Kier molecular flexibility index (Phi) is 3.43. The summed E-state index contributed by atoms with van der Waals surface area (Å²) in [5.74, 6) is 2.98. The molecule has 1 aromatic carbocycles. The van der Waals surface area contributed by atoms with Gasteiger partial charge in [0, 0.05) is 11.8 Å². The van der Waals surface area contributed by atoms with Crippen LogP contribution in [0.5, 0.6) is 5.75 Å². The van der Waals surface area contributed by atoms with E-state index in [1.807, 2.05) is 23.9 Å². The van der Waals surface area contributed by atoms with E-state index < -0.39 is 0 Å². The molecule has 0 amide bonds. The molecule has 15 heavy (non-hydrogen) atoms. The summed E-state index contributed by atoms with van der Waals surface area (Å²) in [6.07, 6.45) is 2.91. The Bertz CT molecular complexity index is 382. The van der Waals surface area contributed by atoms with Gasteiger partial charge in [-0.25, -0.2) is 4.79 Å². The van der Waals surface area contributed by atoms with Crippen LogP contribution in [0.4, 0.5) is 5.69 Å². The fraction of sp³-hybridized carbons (Fsp3) is 0.364. The summed E-state index contributed by atoms with van der Waals surface area (Å²) in [6, 6.07) is 7.22. The molecular formula is C11H11NO2S. The number of nitrogens with zero attached hydrogens (tertiary/aromatic N) is 1. The number of hydrogen-bond acceptors (Lipinski definition) is 4. The van der Waals surface area contributed by atoms with E-state index in [9.17, 15) is 4.79 Å². The highest BCUT2D eigenvalue weighted by molar-refractivity contribution is 7.99. The zero-order valence-corrected chi connectivity index (χ0v) is 9.00. The van der Waals surface area contributed by atoms with Crippen LogP contribution in [0.3, 0.4) is 0 Å². The number of hydrogen-bond donors (Lipinski definition) is 0. The lowest BCUT2D eigenvalue weighted by Gasteiger charge is -2.12. The van der Waals surface area contributed by atoms with Gasteiger partial charge in [-0.05, 0) is 24.3 Å². The van der Waals surface area contributed by atoms with Crippen LogP contribution in [0.1, 0.15) is 6.42 Å². The smallest absolute Gasteiger partial charge is 0.240 e. The van der Waals surface area contributed by atoms with E-state index in [1.165, 1.54) is 6.08 Å². The largest absolute Gasteiger partial charge is 0.489 e. The lowest BCUT2D eigenvalue weighted by molar-refractivity contribution is 0.229. The second-order valence-electron chi connectivity index (χ2n) is 3.30. The normalized spacial score (nSPS) is 19.6. The Morgan fingerprint density at radius 3 is 3.20 bits per heavy atom. The van der Waals surface area contributed by atoms with Gasteiger partial charge in [0.25, 0.3) is 0 Å². The third-order valence-corrected chi connectivity index (χ3v) is 3.31. The summed E-state index contributed by atoms with van der Waals surface area (Å²) in [5, 5.41) is 0. The predicted molar refractivity (Wildman–Crippen MR) is 60.6 cm³/mol. The molecule has 1 unspecified atom stereocenters. The van der Waals surface area contributed by atoms with Crippen LogP contribution in [0.25, 0.3) is 0 Å². The van der Waals surface area contributed by atoms with Crippen molar-refractivity contribution in [2.24, 2.45) is 4.99 Å². The zero-order valence-electron chi connectivity index (χ0n) is 8.18. The van der Waals surface area contributed by atoms with Gasteiger partial charge in [0.15, 0.2) is 0 Å². The van der Waals surface area contributed by atoms with Gasteiger partial charge in [0.05, 0.1) is 5.69 Å². The summed E-state index contributed by atoms with van der Waals surface area (Å²) in [6.45, 7) is 0. The maximum Gasteiger partial charge on any atom is 0.240 e. The first kappa shape index (κ1) is 10.3. The molecule has 0 aromatic heterocycles. The SMILES string of the molecule is O=C=Nc1cccc(OC2CCSC2)c1. The number of carbonyl (C=O) groups excluding carboxylic acids is 1. The molecule has 0 spiro atoms. The number of rotatable bonds is 3. The van der Waals surface area contributed by atoms with E-state index in [-0.39, 0.29) is 0 Å². The molecule has 1 aliphatic rings. The second kappa shape index (κ2) is 5.01. The van der Waals surface area contributed by atoms with E-state index in [0.717, 1.165) is 23.7 Å². The monoisotopic (exact) mass is 221 g/mol. The van der Waals surface area contributed by atoms with Crippen molar-refractivity contribution in [1.29, 1.82) is 0 Å². The van der Waals surface area contributed by atoms with Crippen molar-refractivity contribution < 1.29 is 9.53 Å². The number of benzene rings is 1. The maximum atomic E-state index is 10.1. The van der Waals surface area contributed by atoms with Gasteiger partial charge in [-0.3, -0.25) is 0 Å². The molecule has 1 atom stereocenters. The van der Waals surface area contributed by atoms with Crippen LogP contribution < -0.4 is 4.74 Å². The van der Waals surface area contributed by atoms with Gasteiger partial charge in [-0.1, -0.05) is 6.07 Å². The van der Waals surface area contributed by atoms with Gasteiger partial charge < -0.3 is 4.74 Å². The van der Waals surface area contributed by atoms with Crippen LogP contribution >= 0.6 is 11.8 Å². The minimum atomic E-state index is 0.297. The molecule has 0 N–H and O–H groups in total. The fourth-order valence-corrected chi connectivity index (χ4v) is 2.57. The lowest BCUT2D eigenvalue weighted by Crippen LogP contribution is -2.14. The number of thioether (sulfide) groups is 1. The van der Waals surface area contributed by atoms with Crippen LogP contribution in [0.15, 0.2) is 29.3 Å². The molecule has 0 radical (unpaired) electrons. The highest BCUT2D eigenvalue weighted by Gasteiger charge is 2.16. The van der Waals surface area contributed by atoms with E-state index >= 15 is 0 Å². The predicted octanol–water partition coefficient (Wildman–Crippen LogP) is 2.54. The fourth-order valence-electron chi connectivity index (χ4n) is 1.48. The minimum Gasteiger partial charge on any atom is -0.489 e. The number of ether oxygens (including phenoxy) is 1. The molecule has 3 nitrogen and oxygen atoms in total. The molecule has 1 aromatic rings. The van der Waals surface area contributed by atoms with Gasteiger partial charge in [0.1, 0.15) is 11.9 Å². The molecule has 1 aliphatic heterocycles. The first-order valence-corrected chi connectivity index (χ1v) is 5.96. The van der Waals surface area contributed by atoms with Gasteiger partial charge >= 0.3 is 0 Å². The zero-order chi connectivity index (χ0) is 10.5. The summed E-state index contributed by atoms with van der Waals surface area (Å²) in [4.78, 5) is 13.6. The van der Waals surface area contributed by atoms with E-state index in [1.54, 1.807) is 12.1 Å². The third kappa shape index (κ3) is 2.85. The number of isocyanates is 1. The average molecular weight is 221 g/mol. The Labute approximate surface area is 92.5 Å². The van der Waals surface area contributed by atoms with Crippen LogP contribution in [-0.4, -0.2) is 23.7 Å². The van der Waals surface area contributed by atoms with Crippen LogP contribution in [0, 0.1) is 0 Å². The molecule has 0 aliphatic carbocycles. The van der Waals surface area contributed by atoms with E-state index in [0.29, 0.717) is 11.8 Å². The summed E-state index contributed by atoms with van der Waals surface area (Å²) >= 11 is 1.91. The topological polar surface area (TPSA) is 38.7 Å². The van der Waals surface area contributed by atoms with Crippen molar-refractivity contribution in [3.8, 4) is 5.75 Å². The Morgan fingerprint density at radius 2 is 2.47 bits per heavy atom. The highest BCUT2D eigenvalue weighted by Crippen LogP contribution is 2.25. The molecular weight excluding hydrogens is 210 g/mol. The Balaban J connectivity index is 2.06. The minimum absolute atomic E-state index is 0.297. The molecule has 0 saturated carbocycles. The summed E-state index contributed by atoms with van der Waals surface area (Å²) in [5.41, 5.74) is 0.591. The Hall–Kier alpha value is -1.25. The average Bonchev–Trinajstić information content (AvgIpc) is 2.71. The summed E-state index contributed by atoms with van der Waals surface area (Å²) < 4.78 is 5.75. The Morgan fingerprint density at radius 1 is 1.53 bits per heavy atom. The van der Waals surface area contributed by atoms with Gasteiger partial charge in [-0.2, -0.15) is 16.8 Å². The van der Waals surface area contributed by atoms with Gasteiger partial charge in [-0.15, -0.1) is 0 Å². The second-order valence-corrected chi connectivity index (χ2v) is 4.45. The number of aliphatic imine (C=N–C) groups is 1. The van der Waals surface area contributed by atoms with Crippen molar-refractivity contribution >= 4 is 23.5 Å². The molecule has 0 bridgehead atoms. The van der Waals surface area contributed by atoms with Crippen LogP contribution in [-0.2, 0) is 4.79 Å². The van der Waals surface area contributed by atoms with Crippen molar-refractivity contribution in [3.63, 3.8) is 0 Å². The molecule has 2 rings (SSSR count). The molecule has 1 saturated heterocycles. The standard InChI is InChI=1S/C11H11NO2S/c13-8-12-9-2-1-3-10(6-9)14-11-4-5-15-7-11/h1-3,6,11H,4-5,7H2. The quantitative estimate of drug-likeness (QED) is 0.581. The van der Waals surface area contributed by atoms with Crippen molar-refractivity contribution in [1.82, 2.24) is 0 Å². The first-order chi connectivity index (χ1) is 7.38.